The van der Waals surface area contributed by atoms with Crippen molar-refractivity contribution < 1.29 is 41.8 Å². The molecule has 9 heteroatoms. The van der Waals surface area contributed by atoms with E-state index < -0.39 is 10.0 Å². The Morgan fingerprint density at radius 2 is 1.79 bits per heavy atom. The van der Waals surface area contributed by atoms with Crippen molar-refractivity contribution in [2.45, 2.75) is 0 Å². The molecule has 2 heterocycles. The van der Waals surface area contributed by atoms with Gasteiger partial charge in [0.15, 0.2) is 0 Å². The lowest BCUT2D eigenvalue weighted by Crippen LogP contribution is -3.00. The second-order valence-electron chi connectivity index (χ2n) is 4.42. The summed E-state index contributed by atoms with van der Waals surface area (Å²) in [4.78, 5) is 13.7. The van der Waals surface area contributed by atoms with Gasteiger partial charge in [0.1, 0.15) is 12.4 Å². The van der Waals surface area contributed by atoms with Crippen molar-refractivity contribution in [2.24, 2.45) is 7.05 Å². The van der Waals surface area contributed by atoms with Gasteiger partial charge in [0, 0.05) is 26.2 Å². The largest absolute Gasteiger partial charge is 1.00 e. The van der Waals surface area contributed by atoms with E-state index in [-0.39, 0.29) is 30.0 Å². The number of aryl methyl sites for hydroxylation is 1. The van der Waals surface area contributed by atoms with Gasteiger partial charge in [-0.15, -0.1) is 0 Å². The minimum Gasteiger partial charge on any atom is -1.00 e. The minimum atomic E-state index is -3.15. The Morgan fingerprint density at radius 3 is 2.21 bits per heavy atom. The minimum absolute atomic E-state index is 0. The molecule has 0 atom stereocenters. The lowest BCUT2D eigenvalue weighted by molar-refractivity contribution is -0.670. The molecule has 1 aromatic rings. The molecule has 0 aromatic carbocycles. The van der Waals surface area contributed by atoms with Crippen LogP contribution < -0.4 is 28.5 Å². The summed E-state index contributed by atoms with van der Waals surface area (Å²) >= 11 is 0. The van der Waals surface area contributed by atoms with E-state index in [1.807, 2.05) is 7.05 Å². The molecule has 19 heavy (non-hydrogen) atoms. The van der Waals surface area contributed by atoms with Crippen molar-refractivity contribution in [2.75, 3.05) is 32.4 Å². The van der Waals surface area contributed by atoms with E-state index >= 15 is 0 Å². The van der Waals surface area contributed by atoms with Gasteiger partial charge in [0.05, 0.1) is 13.3 Å². The molecule has 0 saturated carbocycles. The predicted octanol–water partition coefficient (Wildman–Crippen LogP) is -4.14. The van der Waals surface area contributed by atoms with E-state index in [1.165, 1.54) is 15.1 Å². The molecule has 7 nitrogen and oxygen atoms in total. The van der Waals surface area contributed by atoms with Crippen LogP contribution in [0.3, 0.4) is 0 Å². The molecule has 0 spiro atoms. The van der Waals surface area contributed by atoms with E-state index in [9.17, 15) is 13.2 Å². The summed E-state index contributed by atoms with van der Waals surface area (Å²) in [6.07, 6.45) is 6.34. The number of carbonyl (C=O) groups is 1. The average Bonchev–Trinajstić information content (AvgIpc) is 2.74. The van der Waals surface area contributed by atoms with Crippen molar-refractivity contribution in [1.82, 2.24) is 13.8 Å². The lowest BCUT2D eigenvalue weighted by atomic mass is 10.4. The Bertz CT molecular complexity index is 549. The van der Waals surface area contributed by atoms with Gasteiger partial charge in [-0.25, -0.2) is 17.8 Å². The van der Waals surface area contributed by atoms with Crippen LogP contribution in [0, 0.1) is 0 Å². The topological polar surface area (TPSA) is 66.5 Å². The Balaban J connectivity index is 0.00000180. The van der Waals surface area contributed by atoms with Crippen molar-refractivity contribution in [3.05, 3.63) is 18.7 Å². The summed E-state index contributed by atoms with van der Waals surface area (Å²) in [5.41, 5.74) is 0. The van der Waals surface area contributed by atoms with Crippen molar-refractivity contribution in [3.63, 3.8) is 0 Å². The highest BCUT2D eigenvalue weighted by atomic mass is 127. The molecule has 1 amide bonds. The quantitative estimate of drug-likeness (QED) is 0.355. The normalized spacial score (nSPS) is 17.1. The van der Waals surface area contributed by atoms with E-state index in [2.05, 4.69) is 0 Å². The van der Waals surface area contributed by atoms with Gasteiger partial charge < -0.3 is 28.9 Å². The van der Waals surface area contributed by atoms with Gasteiger partial charge >= 0.3 is 6.03 Å². The second kappa shape index (κ2) is 6.18. The molecule has 2 rings (SSSR count). The van der Waals surface area contributed by atoms with Crippen LogP contribution in [0.4, 0.5) is 4.79 Å². The van der Waals surface area contributed by atoms with Gasteiger partial charge in [-0.1, -0.05) is 0 Å². The maximum absolute atomic E-state index is 12.1. The third-order valence-electron chi connectivity index (χ3n) is 2.97. The fraction of sp³-hybridized carbons (Fsp3) is 0.600. The van der Waals surface area contributed by atoms with E-state index in [1.54, 1.807) is 28.2 Å². The van der Waals surface area contributed by atoms with E-state index in [0.29, 0.717) is 26.2 Å². The lowest BCUT2D eigenvalue weighted by Gasteiger charge is -2.31. The first-order valence-electron chi connectivity index (χ1n) is 5.65. The number of hydrogen-bond donors (Lipinski definition) is 0. The molecule has 0 unspecified atom stereocenters. The standard InChI is InChI=1S/C10H17N4O3S.HI/c1-11-3-4-13(9-11)10(15)12-5-7-14(8-6-12)18(2,16)17;/h3-4,9H,5-8H2,1-2H3;1H/q+1;/p-1. The summed E-state index contributed by atoms with van der Waals surface area (Å²) in [6, 6.07) is -0.122. The highest BCUT2D eigenvalue weighted by Crippen LogP contribution is 2.07. The Labute approximate surface area is 129 Å². The third kappa shape index (κ3) is 3.89. The number of aromatic nitrogens is 2. The van der Waals surface area contributed by atoms with Crippen LogP contribution in [0.2, 0.25) is 0 Å². The molecule has 1 aliphatic heterocycles. The molecule has 1 saturated heterocycles. The van der Waals surface area contributed by atoms with Crippen LogP contribution in [0.1, 0.15) is 0 Å². The number of piperazine rings is 1. The number of imidazole rings is 1. The number of sulfonamides is 1. The van der Waals surface area contributed by atoms with Gasteiger partial charge in [-0.05, 0) is 0 Å². The SMILES string of the molecule is C[n+]1ccn(C(=O)N2CCN(S(C)(=O)=O)CC2)c1.[I-]. The summed E-state index contributed by atoms with van der Waals surface area (Å²) in [5.74, 6) is 0. The maximum Gasteiger partial charge on any atom is 0.415 e. The summed E-state index contributed by atoms with van der Waals surface area (Å²) < 4.78 is 27.4. The molecule has 1 aromatic heterocycles. The molecule has 0 radical (unpaired) electrons. The number of amides is 1. The Morgan fingerprint density at radius 1 is 1.21 bits per heavy atom. The average molecular weight is 400 g/mol. The molecule has 108 valence electrons. The maximum atomic E-state index is 12.1. The summed E-state index contributed by atoms with van der Waals surface area (Å²) in [5, 5.41) is 0. The highest BCUT2D eigenvalue weighted by molar-refractivity contribution is 7.88. The van der Waals surface area contributed by atoms with Crippen molar-refractivity contribution in [3.8, 4) is 0 Å². The van der Waals surface area contributed by atoms with Gasteiger partial charge in [-0.2, -0.15) is 8.87 Å². The first-order chi connectivity index (χ1) is 8.38. The molecule has 0 bridgehead atoms. The number of carbonyl (C=O) groups excluding carboxylic acids is 1. The third-order valence-corrected chi connectivity index (χ3v) is 4.27. The molecule has 0 aliphatic carbocycles. The second-order valence-corrected chi connectivity index (χ2v) is 6.40. The zero-order chi connectivity index (χ0) is 13.3. The number of hydrogen-bond acceptors (Lipinski definition) is 3. The van der Waals surface area contributed by atoms with Crippen LogP contribution in [0.15, 0.2) is 18.7 Å². The number of rotatable bonds is 1. The molecule has 0 N–H and O–H groups in total. The fourth-order valence-corrected chi connectivity index (χ4v) is 2.76. The van der Waals surface area contributed by atoms with E-state index in [4.69, 9.17) is 0 Å². The van der Waals surface area contributed by atoms with Crippen LogP contribution in [-0.2, 0) is 17.1 Å². The predicted molar refractivity (Wildman–Crippen MR) is 64.4 cm³/mol. The van der Waals surface area contributed by atoms with E-state index in [0.717, 1.165) is 0 Å². The van der Waals surface area contributed by atoms with Crippen molar-refractivity contribution >= 4 is 16.1 Å². The van der Waals surface area contributed by atoms with Gasteiger partial charge in [0.2, 0.25) is 10.0 Å². The van der Waals surface area contributed by atoms with Crippen LogP contribution in [0.25, 0.3) is 0 Å². The summed E-state index contributed by atoms with van der Waals surface area (Å²) in [7, 11) is -1.31. The molecular weight excluding hydrogens is 383 g/mol. The fourth-order valence-electron chi connectivity index (χ4n) is 1.94. The summed E-state index contributed by atoms with van der Waals surface area (Å²) in [6.45, 7) is 1.57. The first kappa shape index (κ1) is 16.4. The number of halogens is 1. The zero-order valence-corrected chi connectivity index (χ0v) is 13.8. The highest BCUT2D eigenvalue weighted by Gasteiger charge is 2.28. The smallest absolute Gasteiger partial charge is 0.415 e. The molecule has 1 aliphatic rings. The first-order valence-corrected chi connectivity index (χ1v) is 7.50. The Kier molecular flexibility index (Phi) is 5.33. The van der Waals surface area contributed by atoms with Gasteiger partial charge in [-0.3, -0.25) is 0 Å². The van der Waals surface area contributed by atoms with Crippen LogP contribution in [0.5, 0.6) is 0 Å². The monoisotopic (exact) mass is 400 g/mol. The van der Waals surface area contributed by atoms with Crippen molar-refractivity contribution in [1.29, 1.82) is 0 Å². The Hall–Kier alpha value is -0.680. The zero-order valence-electron chi connectivity index (χ0n) is 10.9. The van der Waals surface area contributed by atoms with Crippen LogP contribution >= 0.6 is 0 Å². The molecular formula is C10H17IN4O3S. The van der Waals surface area contributed by atoms with Crippen LogP contribution in [-0.4, -0.2) is 60.7 Å². The molecule has 1 fully saturated rings. The van der Waals surface area contributed by atoms with Gasteiger partial charge in [0.25, 0.3) is 6.33 Å². The number of nitrogens with zero attached hydrogens (tertiary/aromatic N) is 4.